The first-order chi connectivity index (χ1) is 28.0. The molecule has 15 heteroatoms. The fourth-order valence-electron chi connectivity index (χ4n) is 8.17. The predicted molar refractivity (Wildman–Crippen MR) is 219 cm³/mol. The van der Waals surface area contributed by atoms with Crippen LogP contribution in [-0.2, 0) is 23.8 Å². The molecule has 7 rings (SSSR count). The number of H-pyrrole nitrogens is 2. The number of fused-ring (bicyclic) bond motifs is 2. The molecule has 0 saturated carbocycles. The van der Waals surface area contributed by atoms with Gasteiger partial charge >= 0.3 is 12.2 Å². The molecule has 6 atom stereocenters. The molecule has 58 heavy (non-hydrogen) atoms. The number of alkyl carbamates (subject to hydrolysis) is 2. The zero-order valence-electron chi connectivity index (χ0n) is 33.8. The van der Waals surface area contributed by atoms with E-state index in [0.29, 0.717) is 18.9 Å². The van der Waals surface area contributed by atoms with Gasteiger partial charge in [-0.1, -0.05) is 50.6 Å². The molecule has 0 aliphatic carbocycles. The Balaban J connectivity index is 1.07. The zero-order chi connectivity index (χ0) is 41.1. The van der Waals surface area contributed by atoms with E-state index in [1.54, 1.807) is 11.8 Å². The van der Waals surface area contributed by atoms with Crippen LogP contribution in [0.25, 0.3) is 44.2 Å². The van der Waals surface area contributed by atoms with Gasteiger partial charge in [-0.2, -0.15) is 0 Å². The molecule has 0 radical (unpaired) electrons. The molecule has 5 aromatic rings. The summed E-state index contributed by atoms with van der Waals surface area (Å²) in [5.74, 6) is 0.992. The summed E-state index contributed by atoms with van der Waals surface area (Å²) in [4.78, 5) is 71.8. The van der Waals surface area contributed by atoms with Gasteiger partial charge in [0.15, 0.2) is 0 Å². The van der Waals surface area contributed by atoms with Crippen LogP contribution in [0.4, 0.5) is 9.59 Å². The molecule has 306 valence electrons. The topological polar surface area (TPSA) is 184 Å². The number of methoxy groups -OCH3 is 3. The molecule has 2 saturated heterocycles. The lowest BCUT2D eigenvalue weighted by atomic mass is 9.97. The number of rotatable bonds is 12. The Morgan fingerprint density at radius 1 is 0.759 bits per heavy atom. The minimum atomic E-state index is -0.901. The molecule has 4 heterocycles. The number of hydrogen-bond acceptors (Lipinski definition) is 9. The first-order valence-electron chi connectivity index (χ1n) is 19.9. The van der Waals surface area contributed by atoms with E-state index < -0.39 is 30.4 Å². The molecule has 6 unspecified atom stereocenters. The Labute approximate surface area is 337 Å². The standard InChI is InChI=1S/C43H52N8O7/c1-7-24(2)36(48-42(54)57-5)40(52)50-18-8-10-34(50)38-44-23-33(47-38)30-15-14-26-20-27(12-13-28(26)21-30)29-16-17-31-32(22-29)46-39(45-31)35-11-9-19-51(35)41(53)37(25(3)56-4)49-43(55)58-6/h12-17,20-25,34-37H,7-11,18-19H2,1-6H3,(H,44,47)(H,45,46)(H,48,54)(H,49,55). The van der Waals surface area contributed by atoms with Gasteiger partial charge in [-0.15, -0.1) is 0 Å². The van der Waals surface area contributed by atoms with Crippen molar-refractivity contribution in [1.82, 2.24) is 40.4 Å². The van der Waals surface area contributed by atoms with Gasteiger partial charge in [-0.3, -0.25) is 9.59 Å². The third kappa shape index (κ3) is 8.08. The second kappa shape index (κ2) is 17.3. The van der Waals surface area contributed by atoms with Crippen molar-refractivity contribution in [1.29, 1.82) is 0 Å². The molecule has 2 fully saturated rings. The number of likely N-dealkylation sites (tertiary alicyclic amines) is 2. The average Bonchev–Trinajstić information content (AvgIpc) is 4.09. The van der Waals surface area contributed by atoms with Gasteiger partial charge < -0.3 is 44.6 Å². The van der Waals surface area contributed by atoms with Gasteiger partial charge in [0.25, 0.3) is 0 Å². The maximum absolute atomic E-state index is 13.7. The van der Waals surface area contributed by atoms with Crippen molar-refractivity contribution in [3.8, 4) is 22.4 Å². The van der Waals surface area contributed by atoms with Crippen molar-refractivity contribution >= 4 is 45.8 Å². The van der Waals surface area contributed by atoms with E-state index in [9.17, 15) is 19.2 Å². The first kappa shape index (κ1) is 40.2. The highest BCUT2D eigenvalue weighted by Gasteiger charge is 2.40. The quantitative estimate of drug-likeness (QED) is 0.108. The number of imidazole rings is 2. The molecular formula is C43H52N8O7. The van der Waals surface area contributed by atoms with Crippen LogP contribution in [0.1, 0.15) is 76.6 Å². The molecule has 2 aliphatic rings. The molecule has 2 aromatic heterocycles. The third-order valence-electron chi connectivity index (χ3n) is 11.8. The van der Waals surface area contributed by atoms with Crippen molar-refractivity contribution in [2.45, 2.75) is 83.1 Å². The Kier molecular flexibility index (Phi) is 12.0. The van der Waals surface area contributed by atoms with E-state index in [1.807, 2.05) is 31.0 Å². The van der Waals surface area contributed by atoms with Crippen LogP contribution >= 0.6 is 0 Å². The summed E-state index contributed by atoms with van der Waals surface area (Å²) < 4.78 is 15.0. The van der Waals surface area contributed by atoms with Gasteiger partial charge in [0.1, 0.15) is 23.7 Å². The number of amides is 4. The minimum absolute atomic E-state index is 0.0600. The van der Waals surface area contributed by atoms with E-state index in [4.69, 9.17) is 24.2 Å². The number of benzene rings is 3. The molecule has 2 aliphatic heterocycles. The van der Waals surface area contributed by atoms with E-state index in [2.05, 4.69) is 69.1 Å². The largest absolute Gasteiger partial charge is 0.453 e. The van der Waals surface area contributed by atoms with E-state index >= 15 is 0 Å². The summed E-state index contributed by atoms with van der Waals surface area (Å²) in [7, 11) is 4.06. The van der Waals surface area contributed by atoms with Crippen LogP contribution in [0.15, 0.2) is 60.8 Å². The molecule has 15 nitrogen and oxygen atoms in total. The Morgan fingerprint density at radius 3 is 1.97 bits per heavy atom. The van der Waals surface area contributed by atoms with Gasteiger partial charge in [-0.25, -0.2) is 19.6 Å². The van der Waals surface area contributed by atoms with Crippen LogP contribution < -0.4 is 10.6 Å². The monoisotopic (exact) mass is 792 g/mol. The van der Waals surface area contributed by atoms with Crippen LogP contribution in [0, 0.1) is 5.92 Å². The second-order valence-electron chi connectivity index (χ2n) is 15.2. The molecule has 0 spiro atoms. The summed E-state index contributed by atoms with van der Waals surface area (Å²) in [6, 6.07) is 16.7. The van der Waals surface area contributed by atoms with Crippen molar-refractivity contribution < 1.29 is 33.4 Å². The highest BCUT2D eigenvalue weighted by molar-refractivity contribution is 5.92. The highest BCUT2D eigenvalue weighted by Crippen LogP contribution is 2.36. The molecule has 4 N–H and O–H groups in total. The van der Waals surface area contributed by atoms with Crippen molar-refractivity contribution in [2.24, 2.45) is 5.92 Å². The fourth-order valence-corrected chi connectivity index (χ4v) is 8.17. The number of hydrogen-bond donors (Lipinski definition) is 4. The predicted octanol–water partition coefficient (Wildman–Crippen LogP) is 6.63. The van der Waals surface area contributed by atoms with Crippen LogP contribution in [0.2, 0.25) is 0 Å². The van der Waals surface area contributed by atoms with Crippen molar-refractivity contribution in [3.05, 3.63) is 72.4 Å². The van der Waals surface area contributed by atoms with E-state index in [0.717, 1.165) is 82.1 Å². The number of nitrogens with zero attached hydrogens (tertiary/aromatic N) is 4. The number of aromatic nitrogens is 4. The zero-order valence-corrected chi connectivity index (χ0v) is 33.8. The minimum Gasteiger partial charge on any atom is -0.453 e. The summed E-state index contributed by atoms with van der Waals surface area (Å²) in [5.41, 5.74) is 5.58. The fraction of sp³-hybridized carbons (Fsp3) is 0.442. The third-order valence-corrected chi connectivity index (χ3v) is 11.8. The van der Waals surface area contributed by atoms with Crippen LogP contribution in [0.3, 0.4) is 0 Å². The summed E-state index contributed by atoms with van der Waals surface area (Å²) >= 11 is 0. The lowest BCUT2D eigenvalue weighted by Gasteiger charge is -2.30. The Bertz CT molecular complexity index is 2300. The Morgan fingerprint density at radius 2 is 1.33 bits per heavy atom. The average molecular weight is 793 g/mol. The van der Waals surface area contributed by atoms with E-state index in [-0.39, 0.29) is 29.8 Å². The normalized spacial score (nSPS) is 18.9. The van der Waals surface area contributed by atoms with Gasteiger partial charge in [-0.05, 0) is 84.7 Å². The Hall–Kier alpha value is -5.96. The number of carbonyl (C=O) groups is 4. The molecular weight excluding hydrogens is 741 g/mol. The maximum Gasteiger partial charge on any atom is 0.407 e. The SMILES string of the molecule is CCC(C)C(NC(=O)OC)C(=O)N1CCCC1c1ncc(-c2ccc3cc(-c4ccc5nc(C6CCCN6C(=O)C(NC(=O)OC)C(C)OC)[nH]c5c4)ccc3c2)[nH]1. The van der Waals surface area contributed by atoms with Crippen LogP contribution in [0.5, 0.6) is 0 Å². The number of ether oxygens (including phenoxy) is 3. The number of carbonyl (C=O) groups excluding carboxylic acids is 4. The molecule has 0 bridgehead atoms. The summed E-state index contributed by atoms with van der Waals surface area (Å²) in [6.45, 7) is 6.82. The number of nitrogens with one attached hydrogen (secondary N) is 4. The maximum atomic E-state index is 13.7. The summed E-state index contributed by atoms with van der Waals surface area (Å²) in [5, 5.41) is 7.53. The van der Waals surface area contributed by atoms with E-state index in [1.165, 1.54) is 21.3 Å². The van der Waals surface area contributed by atoms with Crippen molar-refractivity contribution in [3.63, 3.8) is 0 Å². The van der Waals surface area contributed by atoms with Crippen molar-refractivity contribution in [2.75, 3.05) is 34.4 Å². The first-order valence-corrected chi connectivity index (χ1v) is 19.9. The van der Waals surface area contributed by atoms with Crippen LogP contribution in [-0.4, -0.2) is 106 Å². The van der Waals surface area contributed by atoms with Gasteiger partial charge in [0.05, 0.1) is 55.3 Å². The smallest absolute Gasteiger partial charge is 0.407 e. The van der Waals surface area contributed by atoms with Gasteiger partial charge in [0.2, 0.25) is 11.8 Å². The lowest BCUT2D eigenvalue weighted by Crippen LogP contribution is -2.54. The molecule has 3 aromatic carbocycles. The molecule has 4 amide bonds. The lowest BCUT2D eigenvalue weighted by molar-refractivity contribution is -0.137. The summed E-state index contributed by atoms with van der Waals surface area (Å²) in [6.07, 6.45) is 3.85. The van der Waals surface area contributed by atoms with Gasteiger partial charge in [0, 0.05) is 25.8 Å². The second-order valence-corrected chi connectivity index (χ2v) is 15.2. The highest BCUT2D eigenvalue weighted by atomic mass is 16.5. The number of aromatic amines is 2.